The van der Waals surface area contributed by atoms with Crippen LogP contribution >= 0.6 is 11.6 Å². The van der Waals surface area contributed by atoms with Crippen LogP contribution in [0.25, 0.3) is 11.0 Å². The van der Waals surface area contributed by atoms with Crippen LogP contribution in [0.4, 0.5) is 0 Å². The van der Waals surface area contributed by atoms with Crippen molar-refractivity contribution >= 4 is 22.6 Å². The molecule has 1 aliphatic rings. The van der Waals surface area contributed by atoms with Crippen molar-refractivity contribution in [2.24, 2.45) is 5.92 Å². The van der Waals surface area contributed by atoms with E-state index in [1.54, 1.807) is 6.26 Å². The number of halogens is 1. The number of rotatable bonds is 3. The van der Waals surface area contributed by atoms with Crippen molar-refractivity contribution in [1.82, 2.24) is 4.90 Å². The first kappa shape index (κ1) is 16.6. The second-order valence-electron chi connectivity index (χ2n) is 7.05. The molecule has 2 aromatic carbocycles. The number of nitrogens with zero attached hydrogens (tertiary/aromatic N) is 1. The van der Waals surface area contributed by atoms with Gasteiger partial charge in [0.2, 0.25) is 0 Å². The van der Waals surface area contributed by atoms with Crippen LogP contribution in [0.15, 0.2) is 59.2 Å². The molecule has 0 radical (unpaired) electrons. The number of fused-ring (bicyclic) bond motifs is 1. The van der Waals surface area contributed by atoms with Crippen molar-refractivity contribution in [3.8, 4) is 0 Å². The molecule has 0 aliphatic carbocycles. The molecule has 0 spiro atoms. The molecule has 0 amide bonds. The Morgan fingerprint density at radius 3 is 2.76 bits per heavy atom. The predicted molar refractivity (Wildman–Crippen MR) is 101 cm³/mol. The lowest BCUT2D eigenvalue weighted by Crippen LogP contribution is -2.48. The fourth-order valence-corrected chi connectivity index (χ4v) is 4.17. The van der Waals surface area contributed by atoms with E-state index in [2.05, 4.69) is 36.1 Å². The summed E-state index contributed by atoms with van der Waals surface area (Å²) in [6, 6.07) is 16.1. The zero-order chi connectivity index (χ0) is 17.4. The van der Waals surface area contributed by atoms with Gasteiger partial charge in [0, 0.05) is 36.5 Å². The molecule has 2 unspecified atom stereocenters. The van der Waals surface area contributed by atoms with Gasteiger partial charge in [-0.3, -0.25) is 4.90 Å². The molecule has 0 bridgehead atoms. The minimum Gasteiger partial charge on any atom is -0.464 e. The minimum absolute atomic E-state index is 0.0967. The zero-order valence-electron chi connectivity index (χ0n) is 14.3. The van der Waals surface area contributed by atoms with Crippen molar-refractivity contribution in [1.29, 1.82) is 0 Å². The summed E-state index contributed by atoms with van der Waals surface area (Å²) in [5.41, 5.74) is 1.97. The van der Waals surface area contributed by atoms with E-state index in [0.717, 1.165) is 30.6 Å². The highest BCUT2D eigenvalue weighted by Gasteiger charge is 2.42. The van der Waals surface area contributed by atoms with E-state index in [4.69, 9.17) is 16.0 Å². The molecule has 4 heteroatoms. The smallest absolute Gasteiger partial charge is 0.141 e. The molecule has 1 aliphatic heterocycles. The Labute approximate surface area is 152 Å². The third kappa shape index (κ3) is 2.97. The topological polar surface area (TPSA) is 36.6 Å². The third-order valence-electron chi connectivity index (χ3n) is 5.44. The standard InChI is InChI=1S/C21H22ClNO2/c1-15-13-23(14-16-5-3-2-4-6-16)11-10-21(15,24)18-7-8-19(22)17-9-12-25-20(17)18/h2-9,12,15,24H,10-11,13-14H2,1H3. The molecule has 130 valence electrons. The first-order valence-corrected chi connectivity index (χ1v) is 9.10. The zero-order valence-corrected chi connectivity index (χ0v) is 15.0. The predicted octanol–water partition coefficient (Wildman–Crippen LogP) is 4.82. The Balaban J connectivity index is 1.59. The second kappa shape index (κ2) is 6.49. The molecular formula is C21H22ClNO2. The number of piperidine rings is 1. The van der Waals surface area contributed by atoms with E-state index in [-0.39, 0.29) is 5.92 Å². The molecule has 1 aromatic heterocycles. The summed E-state index contributed by atoms with van der Waals surface area (Å²) in [7, 11) is 0. The number of benzene rings is 2. The summed E-state index contributed by atoms with van der Waals surface area (Å²) in [6.45, 7) is 4.72. The average Bonchev–Trinajstić information content (AvgIpc) is 3.10. The maximum absolute atomic E-state index is 11.5. The molecule has 3 nitrogen and oxygen atoms in total. The summed E-state index contributed by atoms with van der Waals surface area (Å²) in [4.78, 5) is 2.41. The van der Waals surface area contributed by atoms with Gasteiger partial charge in [-0.2, -0.15) is 0 Å². The van der Waals surface area contributed by atoms with E-state index >= 15 is 0 Å². The van der Waals surface area contributed by atoms with Gasteiger partial charge in [0.05, 0.1) is 16.9 Å². The second-order valence-corrected chi connectivity index (χ2v) is 7.46. The monoisotopic (exact) mass is 355 g/mol. The summed E-state index contributed by atoms with van der Waals surface area (Å²) in [5, 5.41) is 13.0. The van der Waals surface area contributed by atoms with E-state index in [1.165, 1.54) is 5.56 Å². The summed E-state index contributed by atoms with van der Waals surface area (Å²) < 4.78 is 5.66. The van der Waals surface area contributed by atoms with Gasteiger partial charge in [0.1, 0.15) is 5.58 Å². The lowest BCUT2D eigenvalue weighted by atomic mass is 9.76. The van der Waals surface area contributed by atoms with Crippen molar-refractivity contribution in [2.45, 2.75) is 25.5 Å². The van der Waals surface area contributed by atoms with Crippen LogP contribution in [-0.4, -0.2) is 23.1 Å². The Bertz CT molecular complexity index is 876. The van der Waals surface area contributed by atoms with Gasteiger partial charge >= 0.3 is 0 Å². The van der Waals surface area contributed by atoms with Gasteiger partial charge in [-0.25, -0.2) is 0 Å². The molecule has 0 saturated carbocycles. The molecule has 3 aromatic rings. The van der Waals surface area contributed by atoms with E-state index in [0.29, 0.717) is 17.0 Å². The molecule has 2 atom stereocenters. The Morgan fingerprint density at radius 1 is 1.20 bits per heavy atom. The lowest BCUT2D eigenvalue weighted by Gasteiger charge is -2.43. The van der Waals surface area contributed by atoms with Gasteiger partial charge in [-0.1, -0.05) is 54.9 Å². The van der Waals surface area contributed by atoms with Gasteiger partial charge < -0.3 is 9.52 Å². The van der Waals surface area contributed by atoms with Crippen molar-refractivity contribution in [3.05, 3.63) is 70.9 Å². The molecule has 1 saturated heterocycles. The molecule has 1 fully saturated rings. The van der Waals surface area contributed by atoms with E-state index in [9.17, 15) is 5.11 Å². The molecule has 2 heterocycles. The van der Waals surface area contributed by atoms with Gasteiger partial charge in [0.25, 0.3) is 0 Å². The molecule has 1 N–H and O–H groups in total. The highest BCUT2D eigenvalue weighted by Crippen LogP contribution is 2.42. The molecule has 4 rings (SSSR count). The van der Waals surface area contributed by atoms with Crippen LogP contribution in [0, 0.1) is 5.92 Å². The molecule has 25 heavy (non-hydrogen) atoms. The van der Waals surface area contributed by atoms with Crippen LogP contribution in [0.5, 0.6) is 0 Å². The highest BCUT2D eigenvalue weighted by atomic mass is 35.5. The van der Waals surface area contributed by atoms with Crippen LogP contribution < -0.4 is 0 Å². The SMILES string of the molecule is CC1CN(Cc2ccccc2)CCC1(O)c1ccc(Cl)c2ccoc12. The normalized spacial score (nSPS) is 24.7. The molecular weight excluding hydrogens is 334 g/mol. The number of likely N-dealkylation sites (tertiary alicyclic amines) is 1. The van der Waals surface area contributed by atoms with E-state index < -0.39 is 5.60 Å². The third-order valence-corrected chi connectivity index (χ3v) is 5.76. The van der Waals surface area contributed by atoms with Crippen molar-refractivity contribution < 1.29 is 9.52 Å². The lowest BCUT2D eigenvalue weighted by molar-refractivity contribution is -0.0722. The minimum atomic E-state index is -0.895. The summed E-state index contributed by atoms with van der Waals surface area (Å²) >= 11 is 6.25. The number of hydrogen-bond donors (Lipinski definition) is 1. The first-order chi connectivity index (χ1) is 12.1. The van der Waals surface area contributed by atoms with Gasteiger partial charge in [-0.05, 0) is 24.1 Å². The fourth-order valence-electron chi connectivity index (χ4n) is 3.96. The Hall–Kier alpha value is -1.81. The van der Waals surface area contributed by atoms with Crippen LogP contribution in [0.2, 0.25) is 5.02 Å². The summed E-state index contributed by atoms with van der Waals surface area (Å²) in [6.07, 6.45) is 2.32. The maximum Gasteiger partial charge on any atom is 0.141 e. The van der Waals surface area contributed by atoms with Crippen LogP contribution in [0.1, 0.15) is 24.5 Å². The van der Waals surface area contributed by atoms with Crippen LogP contribution in [-0.2, 0) is 12.1 Å². The van der Waals surface area contributed by atoms with Crippen molar-refractivity contribution in [2.75, 3.05) is 13.1 Å². The fraction of sp³-hybridized carbons (Fsp3) is 0.333. The van der Waals surface area contributed by atoms with Crippen molar-refractivity contribution in [3.63, 3.8) is 0 Å². The number of hydrogen-bond acceptors (Lipinski definition) is 3. The number of furan rings is 1. The summed E-state index contributed by atoms with van der Waals surface area (Å²) in [5.74, 6) is 0.0967. The Morgan fingerprint density at radius 2 is 2.00 bits per heavy atom. The number of aliphatic hydroxyl groups is 1. The van der Waals surface area contributed by atoms with Crippen LogP contribution in [0.3, 0.4) is 0 Å². The largest absolute Gasteiger partial charge is 0.464 e. The quantitative estimate of drug-likeness (QED) is 0.732. The highest BCUT2D eigenvalue weighted by molar-refractivity contribution is 6.35. The maximum atomic E-state index is 11.5. The average molecular weight is 356 g/mol. The van der Waals surface area contributed by atoms with E-state index in [1.807, 2.05) is 24.3 Å². The van der Waals surface area contributed by atoms with Gasteiger partial charge in [-0.15, -0.1) is 0 Å². The Kier molecular flexibility index (Phi) is 4.32. The van der Waals surface area contributed by atoms with Gasteiger partial charge in [0.15, 0.2) is 0 Å². The first-order valence-electron chi connectivity index (χ1n) is 8.73.